The summed E-state index contributed by atoms with van der Waals surface area (Å²) in [4.78, 5) is 38.3. The van der Waals surface area contributed by atoms with E-state index in [1.807, 2.05) is 0 Å². The molecule has 6 nitrogen and oxygen atoms in total. The zero-order valence-corrected chi connectivity index (χ0v) is 8.78. The number of imide groups is 1. The summed E-state index contributed by atoms with van der Waals surface area (Å²) in [6.07, 6.45) is 0.235. The van der Waals surface area contributed by atoms with Gasteiger partial charge in [-0.15, -0.1) is 5.06 Å². The van der Waals surface area contributed by atoms with Crippen LogP contribution in [-0.4, -0.2) is 36.4 Å². The number of nitrogens with zero attached hydrogens (tertiary/aromatic N) is 1. The number of hydroxylamine groups is 2. The highest BCUT2D eigenvalue weighted by atomic mass is 16.7. The molecule has 0 saturated carbocycles. The predicted octanol–water partition coefficient (Wildman–Crippen LogP) is -0.551. The van der Waals surface area contributed by atoms with Crippen LogP contribution in [0.3, 0.4) is 0 Å². The molecular formula is C9H14N2O4. The van der Waals surface area contributed by atoms with Gasteiger partial charge in [-0.05, 0) is 7.05 Å². The molecule has 0 aromatic heterocycles. The van der Waals surface area contributed by atoms with Gasteiger partial charge in [-0.3, -0.25) is 9.59 Å². The number of nitrogens with one attached hydrogen (secondary N) is 1. The first-order valence-electron chi connectivity index (χ1n) is 4.78. The highest BCUT2D eigenvalue weighted by molar-refractivity contribution is 6.01. The van der Waals surface area contributed by atoms with Crippen molar-refractivity contribution < 1.29 is 19.2 Å². The molecule has 0 aromatic carbocycles. The molecule has 0 aliphatic carbocycles. The fourth-order valence-corrected chi connectivity index (χ4v) is 1.23. The van der Waals surface area contributed by atoms with Gasteiger partial charge >= 0.3 is 5.97 Å². The van der Waals surface area contributed by atoms with Crippen molar-refractivity contribution in [2.24, 2.45) is 5.92 Å². The van der Waals surface area contributed by atoms with Crippen LogP contribution in [0, 0.1) is 5.92 Å². The molecule has 1 unspecified atom stereocenters. The van der Waals surface area contributed by atoms with Crippen molar-refractivity contribution in [3.63, 3.8) is 0 Å². The van der Waals surface area contributed by atoms with Crippen LogP contribution in [0.2, 0.25) is 0 Å². The van der Waals surface area contributed by atoms with Crippen LogP contribution in [0.15, 0.2) is 0 Å². The smallest absolute Gasteiger partial charge is 0.330 e. The first kappa shape index (κ1) is 11.6. The Labute approximate surface area is 87.5 Å². The SMILES string of the molecule is CNCC(C)C(=O)ON1C(=O)CCC1=O. The van der Waals surface area contributed by atoms with Crippen LogP contribution in [0.4, 0.5) is 0 Å². The maximum atomic E-state index is 11.4. The van der Waals surface area contributed by atoms with Crippen molar-refractivity contribution in [2.75, 3.05) is 13.6 Å². The summed E-state index contributed by atoms with van der Waals surface area (Å²) in [5.41, 5.74) is 0. The van der Waals surface area contributed by atoms with Crippen molar-refractivity contribution in [1.82, 2.24) is 10.4 Å². The lowest BCUT2D eigenvalue weighted by atomic mass is 10.2. The lowest BCUT2D eigenvalue weighted by Crippen LogP contribution is -2.36. The standard InChI is InChI=1S/C9H14N2O4/c1-6(5-10-2)9(14)15-11-7(12)3-4-8(11)13/h6,10H,3-5H2,1-2H3. The van der Waals surface area contributed by atoms with E-state index in [1.54, 1.807) is 14.0 Å². The molecule has 1 heterocycles. The van der Waals surface area contributed by atoms with E-state index in [1.165, 1.54) is 0 Å². The Hall–Kier alpha value is -1.43. The maximum absolute atomic E-state index is 11.4. The predicted molar refractivity (Wildman–Crippen MR) is 50.3 cm³/mol. The van der Waals surface area contributed by atoms with Crippen LogP contribution < -0.4 is 5.32 Å². The number of amides is 2. The Bertz CT molecular complexity index is 274. The number of carbonyl (C=O) groups excluding carboxylic acids is 3. The highest BCUT2D eigenvalue weighted by Gasteiger charge is 2.33. The van der Waals surface area contributed by atoms with Gasteiger partial charge in [0.05, 0.1) is 5.92 Å². The van der Waals surface area contributed by atoms with Crippen molar-refractivity contribution in [2.45, 2.75) is 19.8 Å². The Morgan fingerprint density at radius 2 is 2.00 bits per heavy atom. The van der Waals surface area contributed by atoms with Crippen LogP contribution in [-0.2, 0) is 19.2 Å². The average Bonchev–Trinajstić information content (AvgIpc) is 2.49. The first-order chi connectivity index (χ1) is 7.06. The van der Waals surface area contributed by atoms with E-state index in [9.17, 15) is 14.4 Å². The molecule has 1 aliphatic heterocycles. The minimum Gasteiger partial charge on any atom is -0.330 e. The zero-order valence-electron chi connectivity index (χ0n) is 8.78. The lowest BCUT2D eigenvalue weighted by molar-refractivity contribution is -0.200. The minimum absolute atomic E-state index is 0.118. The third-order valence-electron chi connectivity index (χ3n) is 2.10. The fourth-order valence-electron chi connectivity index (χ4n) is 1.23. The van der Waals surface area contributed by atoms with E-state index in [4.69, 9.17) is 4.84 Å². The summed E-state index contributed by atoms with van der Waals surface area (Å²) < 4.78 is 0. The van der Waals surface area contributed by atoms with Gasteiger partial charge in [0.25, 0.3) is 11.8 Å². The van der Waals surface area contributed by atoms with Gasteiger partial charge in [-0.2, -0.15) is 0 Å². The molecule has 0 aromatic rings. The topological polar surface area (TPSA) is 75.7 Å². The monoisotopic (exact) mass is 214 g/mol. The Morgan fingerprint density at radius 1 is 1.47 bits per heavy atom. The van der Waals surface area contributed by atoms with Gasteiger partial charge in [0.15, 0.2) is 0 Å². The lowest BCUT2D eigenvalue weighted by Gasteiger charge is -2.15. The molecule has 0 bridgehead atoms. The molecule has 1 fully saturated rings. The van der Waals surface area contributed by atoms with Crippen LogP contribution >= 0.6 is 0 Å². The Morgan fingerprint density at radius 3 is 2.47 bits per heavy atom. The normalized spacial score (nSPS) is 18.1. The molecule has 0 spiro atoms. The summed E-state index contributed by atoms with van der Waals surface area (Å²) in [6.45, 7) is 2.10. The molecule has 2 amide bonds. The second-order valence-corrected chi connectivity index (χ2v) is 3.45. The van der Waals surface area contributed by atoms with E-state index in [-0.39, 0.29) is 12.8 Å². The molecule has 1 aliphatic rings. The van der Waals surface area contributed by atoms with Gasteiger partial charge in [-0.25, -0.2) is 4.79 Å². The summed E-state index contributed by atoms with van der Waals surface area (Å²) in [6, 6.07) is 0. The average molecular weight is 214 g/mol. The zero-order chi connectivity index (χ0) is 11.4. The van der Waals surface area contributed by atoms with Gasteiger partial charge in [0.1, 0.15) is 0 Å². The molecule has 0 radical (unpaired) electrons. The molecular weight excluding hydrogens is 200 g/mol. The molecule has 1 atom stereocenters. The molecule has 15 heavy (non-hydrogen) atoms. The van der Waals surface area contributed by atoms with E-state index >= 15 is 0 Å². The van der Waals surface area contributed by atoms with Gasteiger partial charge in [0, 0.05) is 19.4 Å². The number of carbonyl (C=O) groups is 3. The highest BCUT2D eigenvalue weighted by Crippen LogP contribution is 2.13. The van der Waals surface area contributed by atoms with E-state index in [0.29, 0.717) is 11.6 Å². The van der Waals surface area contributed by atoms with Crippen molar-refractivity contribution in [3.8, 4) is 0 Å². The van der Waals surface area contributed by atoms with E-state index < -0.39 is 23.7 Å². The number of hydrogen-bond acceptors (Lipinski definition) is 5. The quantitative estimate of drug-likeness (QED) is 0.635. The summed E-state index contributed by atoms with van der Waals surface area (Å²) in [7, 11) is 1.70. The third-order valence-corrected chi connectivity index (χ3v) is 2.10. The minimum atomic E-state index is -0.576. The molecule has 6 heteroatoms. The number of hydrogen-bond donors (Lipinski definition) is 1. The van der Waals surface area contributed by atoms with Crippen molar-refractivity contribution >= 4 is 17.8 Å². The van der Waals surface area contributed by atoms with E-state index in [2.05, 4.69) is 5.32 Å². The molecule has 1 rings (SSSR count). The van der Waals surface area contributed by atoms with E-state index in [0.717, 1.165) is 0 Å². The largest absolute Gasteiger partial charge is 0.337 e. The third kappa shape index (κ3) is 2.76. The first-order valence-corrected chi connectivity index (χ1v) is 4.78. The molecule has 1 saturated heterocycles. The fraction of sp³-hybridized carbons (Fsp3) is 0.667. The van der Waals surface area contributed by atoms with Gasteiger partial charge < -0.3 is 10.2 Å². The van der Waals surface area contributed by atoms with Crippen LogP contribution in [0.25, 0.3) is 0 Å². The second-order valence-electron chi connectivity index (χ2n) is 3.45. The molecule has 1 N–H and O–H groups in total. The summed E-state index contributed by atoms with van der Waals surface area (Å²) in [5, 5.41) is 3.37. The van der Waals surface area contributed by atoms with Crippen LogP contribution in [0.1, 0.15) is 19.8 Å². The van der Waals surface area contributed by atoms with Crippen molar-refractivity contribution in [1.29, 1.82) is 0 Å². The van der Waals surface area contributed by atoms with Gasteiger partial charge in [0.2, 0.25) is 0 Å². The van der Waals surface area contributed by atoms with Crippen molar-refractivity contribution in [3.05, 3.63) is 0 Å². The maximum Gasteiger partial charge on any atom is 0.337 e. The number of rotatable bonds is 4. The summed E-state index contributed by atoms with van der Waals surface area (Å²) in [5.74, 6) is -1.88. The van der Waals surface area contributed by atoms with Gasteiger partial charge in [-0.1, -0.05) is 6.92 Å². The summed E-state index contributed by atoms with van der Waals surface area (Å²) >= 11 is 0. The van der Waals surface area contributed by atoms with Crippen LogP contribution in [0.5, 0.6) is 0 Å². The Balaban J connectivity index is 2.50. The molecule has 84 valence electrons. The Kier molecular flexibility index (Phi) is 3.79. The second kappa shape index (κ2) is 4.88.